The van der Waals surface area contributed by atoms with Gasteiger partial charge < -0.3 is 5.73 Å². The molecular weight excluding hydrogens is 282 g/mol. The number of anilines is 1. The number of rotatable bonds is 1. The topological polar surface area (TPSA) is 80.5 Å². The molecule has 0 saturated heterocycles. The van der Waals surface area contributed by atoms with E-state index in [1.54, 1.807) is 17.4 Å². The van der Waals surface area contributed by atoms with E-state index in [4.69, 9.17) is 5.73 Å². The first-order valence-corrected chi connectivity index (χ1v) is 7.16. The Morgan fingerprint density at radius 1 is 1.24 bits per heavy atom. The van der Waals surface area contributed by atoms with Gasteiger partial charge in [-0.2, -0.15) is 5.26 Å². The van der Waals surface area contributed by atoms with Crippen molar-refractivity contribution in [3.8, 4) is 11.8 Å². The van der Waals surface area contributed by atoms with Gasteiger partial charge in [-0.15, -0.1) is 11.3 Å². The molecule has 5 nitrogen and oxygen atoms in total. The molecule has 0 aliphatic carbocycles. The lowest BCUT2D eigenvalue weighted by atomic mass is 10.2. The predicted molar refractivity (Wildman–Crippen MR) is 83.4 cm³/mol. The third-order valence-electron chi connectivity index (χ3n) is 3.40. The SMILES string of the molecule is N#Cc1cccc2c1nc(N)n2-c1ccc2ncsc2c1. The van der Waals surface area contributed by atoms with Crippen molar-refractivity contribution in [2.24, 2.45) is 0 Å². The number of aromatic nitrogens is 3. The van der Waals surface area contributed by atoms with Crippen LogP contribution in [0.15, 0.2) is 41.9 Å². The van der Waals surface area contributed by atoms with E-state index < -0.39 is 0 Å². The zero-order valence-electron chi connectivity index (χ0n) is 10.8. The number of benzene rings is 2. The van der Waals surface area contributed by atoms with Crippen LogP contribution in [-0.4, -0.2) is 14.5 Å². The van der Waals surface area contributed by atoms with Gasteiger partial charge in [0.15, 0.2) is 0 Å². The van der Waals surface area contributed by atoms with E-state index in [0.717, 1.165) is 21.4 Å². The minimum Gasteiger partial charge on any atom is -0.369 e. The average Bonchev–Trinajstić information content (AvgIpc) is 3.08. The molecule has 0 spiro atoms. The number of thiazole rings is 1. The second-order valence-corrected chi connectivity index (χ2v) is 5.48. The fourth-order valence-electron chi connectivity index (χ4n) is 2.46. The minimum absolute atomic E-state index is 0.372. The molecule has 0 amide bonds. The number of nitrogen functional groups attached to an aromatic ring is 1. The fraction of sp³-hybridized carbons (Fsp3) is 0. The van der Waals surface area contributed by atoms with E-state index in [2.05, 4.69) is 16.0 Å². The Labute approximate surface area is 123 Å². The van der Waals surface area contributed by atoms with Crippen molar-refractivity contribution in [1.82, 2.24) is 14.5 Å². The number of nitrogens with two attached hydrogens (primary N) is 1. The zero-order valence-corrected chi connectivity index (χ0v) is 11.6. The van der Waals surface area contributed by atoms with Gasteiger partial charge in [-0.05, 0) is 30.3 Å². The predicted octanol–water partition coefficient (Wildman–Crippen LogP) is 3.09. The molecule has 2 aromatic carbocycles. The van der Waals surface area contributed by atoms with E-state index >= 15 is 0 Å². The first-order chi connectivity index (χ1) is 10.3. The van der Waals surface area contributed by atoms with Crippen LogP contribution in [0.3, 0.4) is 0 Å². The first-order valence-electron chi connectivity index (χ1n) is 6.28. The Hall–Kier alpha value is -2.91. The molecule has 0 saturated carbocycles. The molecule has 2 heterocycles. The van der Waals surface area contributed by atoms with Gasteiger partial charge in [-0.3, -0.25) is 4.57 Å². The summed E-state index contributed by atoms with van der Waals surface area (Å²) in [4.78, 5) is 8.61. The summed E-state index contributed by atoms with van der Waals surface area (Å²) in [5.74, 6) is 0.372. The van der Waals surface area contributed by atoms with Gasteiger partial charge in [0, 0.05) is 0 Å². The molecule has 6 heteroatoms. The van der Waals surface area contributed by atoms with Crippen molar-refractivity contribution in [2.45, 2.75) is 0 Å². The minimum atomic E-state index is 0.372. The molecule has 0 aliphatic rings. The molecule has 4 aromatic rings. The highest BCUT2D eigenvalue weighted by molar-refractivity contribution is 7.16. The monoisotopic (exact) mass is 291 g/mol. The van der Waals surface area contributed by atoms with Crippen LogP contribution in [0, 0.1) is 11.3 Å². The molecule has 0 bridgehead atoms. The molecule has 0 aliphatic heterocycles. The van der Waals surface area contributed by atoms with Gasteiger partial charge in [0.2, 0.25) is 5.95 Å². The highest BCUT2D eigenvalue weighted by Gasteiger charge is 2.13. The fourth-order valence-corrected chi connectivity index (χ4v) is 3.17. The third-order valence-corrected chi connectivity index (χ3v) is 4.20. The Bertz CT molecular complexity index is 1020. The number of fused-ring (bicyclic) bond motifs is 2. The molecule has 0 atom stereocenters. The summed E-state index contributed by atoms with van der Waals surface area (Å²) < 4.78 is 2.94. The van der Waals surface area contributed by atoms with E-state index in [0.29, 0.717) is 17.0 Å². The second kappa shape index (κ2) is 4.30. The van der Waals surface area contributed by atoms with Gasteiger partial charge in [-0.1, -0.05) is 6.07 Å². The normalized spacial score (nSPS) is 11.0. The highest BCUT2D eigenvalue weighted by Crippen LogP contribution is 2.28. The molecule has 100 valence electrons. The van der Waals surface area contributed by atoms with Crippen molar-refractivity contribution in [3.05, 3.63) is 47.5 Å². The van der Waals surface area contributed by atoms with Crippen molar-refractivity contribution in [2.75, 3.05) is 5.73 Å². The van der Waals surface area contributed by atoms with Crippen molar-refractivity contribution < 1.29 is 0 Å². The van der Waals surface area contributed by atoms with Crippen LogP contribution in [0.5, 0.6) is 0 Å². The largest absolute Gasteiger partial charge is 0.369 e. The number of para-hydroxylation sites is 1. The van der Waals surface area contributed by atoms with E-state index in [1.807, 2.05) is 40.4 Å². The molecule has 2 N–H and O–H groups in total. The summed E-state index contributed by atoms with van der Waals surface area (Å²) in [5.41, 5.74) is 11.7. The lowest BCUT2D eigenvalue weighted by molar-refractivity contribution is 1.11. The number of hydrogen-bond acceptors (Lipinski definition) is 5. The third kappa shape index (κ3) is 1.68. The summed E-state index contributed by atoms with van der Waals surface area (Å²) in [6.07, 6.45) is 0. The number of nitriles is 1. The molecule has 0 fully saturated rings. The summed E-state index contributed by atoms with van der Waals surface area (Å²) in [6.45, 7) is 0. The Morgan fingerprint density at radius 3 is 3.00 bits per heavy atom. The quantitative estimate of drug-likeness (QED) is 0.584. The van der Waals surface area contributed by atoms with E-state index in [1.165, 1.54) is 0 Å². The molecule has 4 rings (SSSR count). The molecule has 21 heavy (non-hydrogen) atoms. The van der Waals surface area contributed by atoms with Gasteiger partial charge in [0.25, 0.3) is 0 Å². The van der Waals surface area contributed by atoms with Crippen LogP contribution in [-0.2, 0) is 0 Å². The zero-order chi connectivity index (χ0) is 14.4. The van der Waals surface area contributed by atoms with Crippen molar-refractivity contribution in [1.29, 1.82) is 5.26 Å². The Morgan fingerprint density at radius 2 is 2.14 bits per heavy atom. The summed E-state index contributed by atoms with van der Waals surface area (Å²) in [7, 11) is 0. The van der Waals surface area contributed by atoms with Crippen LogP contribution >= 0.6 is 11.3 Å². The van der Waals surface area contributed by atoms with Crippen molar-refractivity contribution in [3.63, 3.8) is 0 Å². The standard InChI is InChI=1S/C15H9N5S/c16-7-9-2-1-3-12-14(9)19-15(17)20(12)10-4-5-11-13(6-10)21-8-18-11/h1-6,8H,(H2,17,19). The van der Waals surface area contributed by atoms with Gasteiger partial charge >= 0.3 is 0 Å². The van der Waals surface area contributed by atoms with E-state index in [9.17, 15) is 5.26 Å². The van der Waals surface area contributed by atoms with Gasteiger partial charge in [0.1, 0.15) is 11.6 Å². The Balaban J connectivity index is 2.05. The number of nitrogens with zero attached hydrogens (tertiary/aromatic N) is 4. The summed E-state index contributed by atoms with van der Waals surface area (Å²) >= 11 is 1.58. The van der Waals surface area contributed by atoms with Crippen LogP contribution < -0.4 is 5.73 Å². The second-order valence-electron chi connectivity index (χ2n) is 4.59. The number of imidazole rings is 1. The van der Waals surface area contributed by atoms with Crippen LogP contribution in [0.2, 0.25) is 0 Å². The lowest BCUT2D eigenvalue weighted by Crippen LogP contribution is -2.00. The maximum Gasteiger partial charge on any atom is 0.205 e. The highest BCUT2D eigenvalue weighted by atomic mass is 32.1. The molecule has 2 aromatic heterocycles. The maximum atomic E-state index is 9.17. The van der Waals surface area contributed by atoms with Crippen LogP contribution in [0.4, 0.5) is 5.95 Å². The average molecular weight is 291 g/mol. The maximum absolute atomic E-state index is 9.17. The van der Waals surface area contributed by atoms with E-state index in [-0.39, 0.29) is 0 Å². The van der Waals surface area contributed by atoms with Crippen LogP contribution in [0.1, 0.15) is 5.56 Å². The first kappa shape index (κ1) is 11.9. The summed E-state index contributed by atoms with van der Waals surface area (Å²) in [5, 5.41) is 9.17. The Kier molecular flexibility index (Phi) is 2.43. The van der Waals surface area contributed by atoms with Crippen LogP contribution in [0.25, 0.3) is 26.9 Å². The summed E-state index contributed by atoms with van der Waals surface area (Å²) in [6, 6.07) is 13.6. The molecular formula is C15H9N5S. The number of hydrogen-bond donors (Lipinski definition) is 1. The van der Waals surface area contributed by atoms with Gasteiger partial charge in [-0.25, -0.2) is 9.97 Å². The van der Waals surface area contributed by atoms with Gasteiger partial charge in [0.05, 0.1) is 32.5 Å². The molecule has 0 radical (unpaired) electrons. The molecule has 0 unspecified atom stereocenters. The lowest BCUT2D eigenvalue weighted by Gasteiger charge is -2.06. The van der Waals surface area contributed by atoms with Crippen molar-refractivity contribution >= 4 is 38.5 Å². The smallest absolute Gasteiger partial charge is 0.205 e.